The number of nitrogens with one attached hydrogen (secondary N) is 5. The van der Waals surface area contributed by atoms with E-state index in [2.05, 4.69) is 41.5 Å². The third-order valence-electron chi connectivity index (χ3n) is 6.56. The Morgan fingerprint density at radius 3 is 1.94 bits per heavy atom. The Bertz CT molecular complexity index is 1750. The first-order chi connectivity index (χ1) is 23.1. The Kier molecular flexibility index (Phi) is 11.4. The number of phenolic OH excluding ortho intramolecular Hbond substituents is 2. The Hall–Kier alpha value is -6.13. The zero-order valence-electron chi connectivity index (χ0n) is 26.3. The molecule has 258 valence electrons. The number of alkyl halides is 3. The van der Waals surface area contributed by atoms with E-state index in [1.54, 1.807) is 26.0 Å². The zero-order chi connectivity index (χ0) is 35.6. The van der Waals surface area contributed by atoms with Crippen molar-refractivity contribution in [2.24, 2.45) is 5.41 Å². The molecule has 17 heteroatoms. The maximum Gasteiger partial charge on any atom is 0.422 e. The average molecular weight is 683 g/mol. The third kappa shape index (κ3) is 11.9. The first kappa shape index (κ1) is 35.7. The van der Waals surface area contributed by atoms with E-state index in [1.807, 2.05) is 0 Å². The van der Waals surface area contributed by atoms with Gasteiger partial charge in [-0.3, -0.25) is 14.4 Å². The van der Waals surface area contributed by atoms with Gasteiger partial charge in [0.05, 0.1) is 0 Å². The summed E-state index contributed by atoms with van der Waals surface area (Å²) >= 11 is 0. The number of hydrogen-bond acceptors (Lipinski definition) is 11. The summed E-state index contributed by atoms with van der Waals surface area (Å²) in [5, 5.41) is 32.3. The summed E-state index contributed by atoms with van der Waals surface area (Å²) in [5.41, 5.74) is 1.14. The molecule has 0 aliphatic carbocycles. The van der Waals surface area contributed by atoms with Crippen molar-refractivity contribution in [1.29, 1.82) is 0 Å². The number of ether oxygens (including phenoxy) is 1. The van der Waals surface area contributed by atoms with Gasteiger partial charge >= 0.3 is 24.0 Å². The van der Waals surface area contributed by atoms with E-state index in [-0.39, 0.29) is 43.0 Å². The largest absolute Gasteiger partial charge is 0.508 e. The van der Waals surface area contributed by atoms with Crippen molar-refractivity contribution in [1.82, 2.24) is 25.6 Å². The molecule has 3 amide bonds. The van der Waals surface area contributed by atoms with Crippen LogP contribution in [0.5, 0.6) is 17.5 Å². The van der Waals surface area contributed by atoms with E-state index >= 15 is 0 Å². The summed E-state index contributed by atoms with van der Waals surface area (Å²) in [7, 11) is 0. The van der Waals surface area contributed by atoms with Gasteiger partial charge in [-0.05, 0) is 71.6 Å². The van der Waals surface area contributed by atoms with Crippen LogP contribution in [0.15, 0.2) is 72.8 Å². The van der Waals surface area contributed by atoms with Crippen LogP contribution in [0.25, 0.3) is 0 Å². The molecule has 0 bridgehead atoms. The number of aromatic nitrogens is 3. The Labute approximate surface area is 278 Å². The zero-order valence-corrected chi connectivity index (χ0v) is 26.3. The van der Waals surface area contributed by atoms with Gasteiger partial charge in [0.25, 0.3) is 5.91 Å². The van der Waals surface area contributed by atoms with Gasteiger partial charge < -0.3 is 41.5 Å². The van der Waals surface area contributed by atoms with E-state index in [0.29, 0.717) is 16.9 Å². The Balaban J connectivity index is 1.31. The molecule has 3 aromatic carbocycles. The number of carbonyl (C=O) groups excluding carboxylic acids is 3. The highest BCUT2D eigenvalue weighted by Crippen LogP contribution is 2.21. The molecule has 1 heterocycles. The first-order valence-corrected chi connectivity index (χ1v) is 14.6. The van der Waals surface area contributed by atoms with Crippen LogP contribution < -0.4 is 31.3 Å². The highest BCUT2D eigenvalue weighted by Gasteiger charge is 2.29. The minimum atomic E-state index is -4.62. The van der Waals surface area contributed by atoms with Gasteiger partial charge in [0.15, 0.2) is 6.61 Å². The van der Waals surface area contributed by atoms with E-state index in [1.165, 1.54) is 60.7 Å². The van der Waals surface area contributed by atoms with E-state index < -0.39 is 41.9 Å². The second-order valence-corrected chi connectivity index (χ2v) is 11.4. The van der Waals surface area contributed by atoms with Crippen molar-refractivity contribution in [2.45, 2.75) is 26.6 Å². The highest BCUT2D eigenvalue weighted by molar-refractivity contribution is 6.39. The number of nitrogens with zero attached hydrogens (tertiary/aromatic N) is 3. The lowest BCUT2D eigenvalue weighted by Gasteiger charge is -2.25. The van der Waals surface area contributed by atoms with Gasteiger partial charge in [0.1, 0.15) is 11.5 Å². The lowest BCUT2D eigenvalue weighted by atomic mass is 9.93. The van der Waals surface area contributed by atoms with Gasteiger partial charge in [-0.2, -0.15) is 28.1 Å². The number of phenols is 2. The topological polar surface area (TPSA) is 200 Å². The lowest BCUT2D eigenvalue weighted by Crippen LogP contribution is -2.44. The molecule has 49 heavy (non-hydrogen) atoms. The number of aromatic hydroxyl groups is 2. The van der Waals surface area contributed by atoms with E-state index in [4.69, 9.17) is 4.74 Å². The molecular weight excluding hydrogens is 649 g/mol. The number of rotatable bonds is 13. The fourth-order valence-electron chi connectivity index (χ4n) is 3.95. The van der Waals surface area contributed by atoms with Gasteiger partial charge in [-0.25, -0.2) is 0 Å². The summed E-state index contributed by atoms with van der Waals surface area (Å²) in [4.78, 5) is 49.2. The van der Waals surface area contributed by atoms with Crippen molar-refractivity contribution >= 4 is 41.0 Å². The van der Waals surface area contributed by atoms with Gasteiger partial charge in [0.2, 0.25) is 11.9 Å². The summed E-state index contributed by atoms with van der Waals surface area (Å²) in [5.74, 6) is -2.29. The molecular formula is C32H33F3N8O6. The molecule has 1 aromatic heterocycles. The number of hydrogen-bond donors (Lipinski definition) is 7. The maximum atomic E-state index is 12.8. The van der Waals surface area contributed by atoms with Crippen LogP contribution in [0.3, 0.4) is 0 Å². The molecule has 0 atom stereocenters. The van der Waals surface area contributed by atoms with Crippen molar-refractivity contribution < 1.29 is 42.5 Å². The lowest BCUT2D eigenvalue weighted by molar-refractivity contribution is -0.154. The molecule has 0 aliphatic rings. The van der Waals surface area contributed by atoms with Crippen LogP contribution in [0, 0.1) is 5.41 Å². The summed E-state index contributed by atoms with van der Waals surface area (Å²) < 4.78 is 43.0. The van der Waals surface area contributed by atoms with Gasteiger partial charge in [-0.1, -0.05) is 26.0 Å². The fraction of sp³-hybridized carbons (Fsp3) is 0.250. The predicted octanol–water partition coefficient (Wildman–Crippen LogP) is 4.09. The van der Waals surface area contributed by atoms with Crippen molar-refractivity contribution in [3.8, 4) is 17.5 Å². The molecule has 0 fully saturated rings. The van der Waals surface area contributed by atoms with Crippen molar-refractivity contribution in [3.63, 3.8) is 0 Å². The Morgan fingerprint density at radius 2 is 1.31 bits per heavy atom. The molecule has 0 saturated heterocycles. The number of anilines is 4. The highest BCUT2D eigenvalue weighted by atomic mass is 19.4. The molecule has 0 aliphatic heterocycles. The minimum absolute atomic E-state index is 0.0135. The number of amides is 3. The number of carbonyl (C=O) groups is 3. The normalized spacial score (nSPS) is 11.3. The summed E-state index contributed by atoms with van der Waals surface area (Å²) in [6, 6.07) is 17.4. The predicted molar refractivity (Wildman–Crippen MR) is 172 cm³/mol. The maximum absolute atomic E-state index is 12.8. The molecule has 0 unspecified atom stereocenters. The minimum Gasteiger partial charge on any atom is -0.508 e. The molecule has 4 aromatic rings. The second kappa shape index (κ2) is 15.6. The van der Waals surface area contributed by atoms with Crippen LogP contribution in [-0.4, -0.2) is 68.8 Å². The van der Waals surface area contributed by atoms with Crippen LogP contribution in [0.2, 0.25) is 0 Å². The molecule has 14 nitrogen and oxygen atoms in total. The quantitative estimate of drug-likeness (QED) is 0.0792. The van der Waals surface area contributed by atoms with Crippen LogP contribution in [-0.2, 0) is 16.1 Å². The van der Waals surface area contributed by atoms with Crippen LogP contribution in [0.1, 0.15) is 29.8 Å². The van der Waals surface area contributed by atoms with E-state index in [0.717, 1.165) is 5.56 Å². The third-order valence-corrected chi connectivity index (χ3v) is 6.56. The molecule has 0 radical (unpaired) electrons. The molecule has 0 saturated carbocycles. The SMILES string of the molecule is CC(C)(CNC(=O)C(=O)Nc1ccc(O)cc1)CNC(=O)c1ccc(Nc2nc(NCc3ccc(O)cc3)nc(OCC(F)(F)F)n2)cc1. The monoisotopic (exact) mass is 682 g/mol. The average Bonchev–Trinajstić information content (AvgIpc) is 3.06. The summed E-state index contributed by atoms with van der Waals surface area (Å²) in [6.45, 7) is 2.37. The van der Waals surface area contributed by atoms with Gasteiger partial charge in [-0.15, -0.1) is 0 Å². The first-order valence-electron chi connectivity index (χ1n) is 14.6. The molecule has 7 N–H and O–H groups in total. The molecule has 0 spiro atoms. The fourth-order valence-corrected chi connectivity index (χ4v) is 3.95. The second-order valence-electron chi connectivity index (χ2n) is 11.4. The Morgan fingerprint density at radius 1 is 0.735 bits per heavy atom. The summed E-state index contributed by atoms with van der Waals surface area (Å²) in [6.07, 6.45) is -4.62. The van der Waals surface area contributed by atoms with Crippen LogP contribution >= 0.6 is 0 Å². The van der Waals surface area contributed by atoms with Crippen molar-refractivity contribution in [3.05, 3.63) is 83.9 Å². The standard InChI is InChI=1S/C32H33F3N8O6/c1-31(2,17-38-26(47)27(48)39-21-9-13-24(45)14-10-21)16-37-25(46)20-5-7-22(8-6-20)40-29-41-28(36-15-19-3-11-23(44)12-4-19)42-30(43-29)49-18-32(33,34)35/h3-14,44-45H,15-18H2,1-2H3,(H,37,46)(H,38,47)(H,39,48)(H2,36,40,41,42,43). The van der Waals surface area contributed by atoms with Crippen LogP contribution in [0.4, 0.5) is 36.4 Å². The van der Waals surface area contributed by atoms with E-state index in [9.17, 15) is 37.8 Å². The van der Waals surface area contributed by atoms with Crippen molar-refractivity contribution in [2.75, 3.05) is 35.6 Å². The number of halogens is 3. The smallest absolute Gasteiger partial charge is 0.422 e. The van der Waals surface area contributed by atoms with Gasteiger partial charge in [0, 0.05) is 36.6 Å². The number of benzene rings is 3. The molecule has 4 rings (SSSR count).